The molecule has 2 unspecified atom stereocenters. The Morgan fingerprint density at radius 3 is 2.79 bits per heavy atom. The maximum atomic E-state index is 12.1. The van der Waals surface area contributed by atoms with Crippen LogP contribution in [-0.4, -0.2) is 48.4 Å². The molecule has 0 bridgehead atoms. The minimum atomic E-state index is -0.0518. The van der Waals surface area contributed by atoms with Gasteiger partial charge >= 0.3 is 0 Å². The number of rotatable bonds is 4. The van der Waals surface area contributed by atoms with Crippen molar-refractivity contribution < 1.29 is 9.59 Å². The molecule has 2 rings (SSSR count). The highest BCUT2D eigenvalue weighted by Crippen LogP contribution is 2.17. The second-order valence-corrected chi connectivity index (χ2v) is 5.62. The summed E-state index contributed by atoms with van der Waals surface area (Å²) in [6.07, 6.45) is 5.81. The zero-order valence-electron chi connectivity index (χ0n) is 11.8. The molecule has 2 aliphatic rings. The van der Waals surface area contributed by atoms with E-state index in [2.05, 4.69) is 17.6 Å². The molecule has 0 radical (unpaired) electrons. The number of piperidine rings is 1. The van der Waals surface area contributed by atoms with Gasteiger partial charge in [0.05, 0.1) is 6.04 Å². The number of carbonyl (C=O) groups is 2. The minimum absolute atomic E-state index is 0.0389. The largest absolute Gasteiger partial charge is 0.354 e. The summed E-state index contributed by atoms with van der Waals surface area (Å²) < 4.78 is 0. The minimum Gasteiger partial charge on any atom is -0.354 e. The van der Waals surface area contributed by atoms with Crippen LogP contribution in [0.2, 0.25) is 0 Å². The fraction of sp³-hybridized carbons (Fsp3) is 0.857. The van der Waals surface area contributed by atoms with Crippen LogP contribution in [-0.2, 0) is 9.59 Å². The first-order chi connectivity index (χ1) is 9.18. The number of nitrogens with zero attached hydrogens (tertiary/aromatic N) is 1. The fourth-order valence-electron chi connectivity index (χ4n) is 2.94. The van der Waals surface area contributed by atoms with Gasteiger partial charge in [0.25, 0.3) is 0 Å². The molecule has 2 saturated heterocycles. The summed E-state index contributed by atoms with van der Waals surface area (Å²) in [6.45, 7) is 4.36. The van der Waals surface area contributed by atoms with E-state index in [1.54, 1.807) is 0 Å². The lowest BCUT2D eigenvalue weighted by Crippen LogP contribution is -2.45. The van der Waals surface area contributed by atoms with E-state index in [9.17, 15) is 9.59 Å². The molecule has 0 spiro atoms. The Bertz CT molecular complexity index is 327. The predicted octanol–water partition coefficient (Wildman–Crippen LogP) is 0.646. The van der Waals surface area contributed by atoms with Crippen LogP contribution >= 0.6 is 0 Å². The van der Waals surface area contributed by atoms with Gasteiger partial charge in [-0.25, -0.2) is 0 Å². The molecular formula is C14H25N3O2. The van der Waals surface area contributed by atoms with Gasteiger partial charge in [0.1, 0.15) is 0 Å². The maximum absolute atomic E-state index is 12.1. The normalized spacial score (nSPS) is 27.3. The van der Waals surface area contributed by atoms with Crippen LogP contribution < -0.4 is 10.6 Å². The van der Waals surface area contributed by atoms with Gasteiger partial charge in [-0.15, -0.1) is 0 Å². The third-order valence-corrected chi connectivity index (χ3v) is 4.14. The average Bonchev–Trinajstić information content (AvgIpc) is 2.93. The Kier molecular flexibility index (Phi) is 5.19. The summed E-state index contributed by atoms with van der Waals surface area (Å²) in [7, 11) is 0. The number of hydrogen-bond donors (Lipinski definition) is 2. The summed E-state index contributed by atoms with van der Waals surface area (Å²) in [5, 5.41) is 6.02. The molecular weight excluding hydrogens is 242 g/mol. The van der Waals surface area contributed by atoms with Gasteiger partial charge in [-0.05, 0) is 45.6 Å². The molecule has 2 aliphatic heterocycles. The molecule has 0 aromatic heterocycles. The van der Waals surface area contributed by atoms with E-state index in [0.717, 1.165) is 38.8 Å². The van der Waals surface area contributed by atoms with Crippen molar-refractivity contribution in [2.24, 2.45) is 0 Å². The van der Waals surface area contributed by atoms with E-state index >= 15 is 0 Å². The highest BCUT2D eigenvalue weighted by molar-refractivity contribution is 5.83. The molecule has 5 nitrogen and oxygen atoms in total. The smallest absolute Gasteiger partial charge is 0.237 e. The molecule has 0 aromatic rings. The van der Waals surface area contributed by atoms with Gasteiger partial charge in [0.15, 0.2) is 0 Å². The van der Waals surface area contributed by atoms with Crippen molar-refractivity contribution in [2.75, 3.05) is 19.6 Å². The quantitative estimate of drug-likeness (QED) is 0.786. The summed E-state index contributed by atoms with van der Waals surface area (Å²) in [5.74, 6) is 0.212. The van der Waals surface area contributed by atoms with E-state index < -0.39 is 0 Å². The highest BCUT2D eigenvalue weighted by Gasteiger charge is 2.24. The second-order valence-electron chi connectivity index (χ2n) is 5.62. The Labute approximate surface area is 115 Å². The van der Waals surface area contributed by atoms with Crippen molar-refractivity contribution in [3.63, 3.8) is 0 Å². The van der Waals surface area contributed by atoms with Crippen LogP contribution in [0.5, 0.6) is 0 Å². The van der Waals surface area contributed by atoms with E-state index in [0.29, 0.717) is 19.0 Å². The Balaban J connectivity index is 1.67. The average molecular weight is 267 g/mol. The summed E-state index contributed by atoms with van der Waals surface area (Å²) in [4.78, 5) is 25.8. The van der Waals surface area contributed by atoms with Crippen molar-refractivity contribution in [2.45, 2.75) is 57.5 Å². The standard InChI is InChI=1S/C14H25N3O2/c1-11-5-2-3-10-17(11)13(18)7-9-16-14(19)12-6-4-8-15-12/h11-12,15H,2-10H2,1H3,(H,16,19). The SMILES string of the molecule is CC1CCCCN1C(=O)CCNC(=O)C1CCCN1. The first-order valence-electron chi connectivity index (χ1n) is 7.49. The topological polar surface area (TPSA) is 61.4 Å². The number of carbonyl (C=O) groups excluding carboxylic acids is 2. The zero-order chi connectivity index (χ0) is 13.7. The van der Waals surface area contributed by atoms with Crippen LogP contribution in [0.15, 0.2) is 0 Å². The Morgan fingerprint density at radius 1 is 1.26 bits per heavy atom. The van der Waals surface area contributed by atoms with E-state index in [4.69, 9.17) is 0 Å². The van der Waals surface area contributed by atoms with Gasteiger partial charge in [0, 0.05) is 25.6 Å². The lowest BCUT2D eigenvalue weighted by Gasteiger charge is -2.33. The van der Waals surface area contributed by atoms with Crippen LogP contribution in [0, 0.1) is 0 Å². The highest BCUT2D eigenvalue weighted by atomic mass is 16.2. The monoisotopic (exact) mass is 267 g/mol. The van der Waals surface area contributed by atoms with Gasteiger partial charge in [-0.3, -0.25) is 9.59 Å². The molecule has 2 fully saturated rings. The van der Waals surface area contributed by atoms with Crippen LogP contribution in [0.1, 0.15) is 45.4 Å². The lowest BCUT2D eigenvalue weighted by atomic mass is 10.0. The summed E-state index contributed by atoms with van der Waals surface area (Å²) >= 11 is 0. The molecule has 0 saturated carbocycles. The fourth-order valence-corrected chi connectivity index (χ4v) is 2.94. The van der Waals surface area contributed by atoms with Crippen LogP contribution in [0.3, 0.4) is 0 Å². The molecule has 108 valence electrons. The van der Waals surface area contributed by atoms with Crippen LogP contribution in [0.4, 0.5) is 0 Å². The van der Waals surface area contributed by atoms with Gasteiger partial charge < -0.3 is 15.5 Å². The van der Waals surface area contributed by atoms with Crippen molar-refractivity contribution in [1.29, 1.82) is 0 Å². The summed E-state index contributed by atoms with van der Waals surface area (Å²) in [6, 6.07) is 0.303. The van der Waals surface area contributed by atoms with Crippen molar-refractivity contribution in [3.8, 4) is 0 Å². The Hall–Kier alpha value is -1.10. The molecule has 0 aliphatic carbocycles. The molecule has 2 amide bonds. The number of likely N-dealkylation sites (tertiary alicyclic amines) is 1. The third-order valence-electron chi connectivity index (χ3n) is 4.14. The van der Waals surface area contributed by atoms with E-state index in [1.807, 2.05) is 4.90 Å². The lowest BCUT2D eigenvalue weighted by molar-refractivity contribution is -0.134. The second kappa shape index (κ2) is 6.89. The van der Waals surface area contributed by atoms with Gasteiger partial charge in [-0.1, -0.05) is 0 Å². The maximum Gasteiger partial charge on any atom is 0.237 e. The third kappa shape index (κ3) is 3.93. The number of nitrogens with one attached hydrogen (secondary N) is 2. The predicted molar refractivity (Wildman–Crippen MR) is 73.7 cm³/mol. The molecule has 2 heterocycles. The van der Waals surface area contributed by atoms with Crippen molar-refractivity contribution >= 4 is 11.8 Å². The van der Waals surface area contributed by atoms with Crippen molar-refractivity contribution in [1.82, 2.24) is 15.5 Å². The number of amides is 2. The molecule has 19 heavy (non-hydrogen) atoms. The van der Waals surface area contributed by atoms with Crippen molar-refractivity contribution in [3.05, 3.63) is 0 Å². The first-order valence-corrected chi connectivity index (χ1v) is 7.49. The number of hydrogen-bond acceptors (Lipinski definition) is 3. The molecule has 2 atom stereocenters. The van der Waals surface area contributed by atoms with Gasteiger partial charge in [-0.2, -0.15) is 0 Å². The molecule has 0 aromatic carbocycles. The first kappa shape index (κ1) is 14.3. The summed E-state index contributed by atoms with van der Waals surface area (Å²) in [5.41, 5.74) is 0. The van der Waals surface area contributed by atoms with Crippen LogP contribution in [0.25, 0.3) is 0 Å². The molecule has 2 N–H and O–H groups in total. The van der Waals surface area contributed by atoms with Gasteiger partial charge in [0.2, 0.25) is 11.8 Å². The zero-order valence-corrected chi connectivity index (χ0v) is 11.8. The molecule has 5 heteroatoms. The Morgan fingerprint density at radius 2 is 2.11 bits per heavy atom. The van der Waals surface area contributed by atoms with E-state index in [-0.39, 0.29) is 17.9 Å². The van der Waals surface area contributed by atoms with E-state index in [1.165, 1.54) is 6.42 Å².